The van der Waals surface area contributed by atoms with Crippen LogP contribution in [0.4, 0.5) is 0 Å². The van der Waals surface area contributed by atoms with Gasteiger partial charge < -0.3 is 55.8 Å². The van der Waals surface area contributed by atoms with Crippen LogP contribution in [0.2, 0.25) is 0 Å². The first-order chi connectivity index (χ1) is 35.5. The predicted octanol–water partition coefficient (Wildman–Crippen LogP) is 1.66. The summed E-state index contributed by atoms with van der Waals surface area (Å²) in [5.41, 5.74) is -0.209. The Morgan fingerprint density at radius 1 is 0.653 bits per heavy atom. The predicted molar refractivity (Wildman–Crippen MR) is 288 cm³/mol. The highest BCUT2D eigenvalue weighted by Gasteiger charge is 2.37. The van der Waals surface area contributed by atoms with Crippen LogP contribution in [-0.2, 0) is 38.4 Å². The molecule has 2 aliphatic heterocycles. The molecule has 2 saturated heterocycles. The van der Waals surface area contributed by atoms with E-state index in [4.69, 9.17) is 4.74 Å². The standard InChI is InChI=1S/C48H52N10O13S4.2H2/c1-23-9-11-29-26(13-23)15-35(59)39(51-29)43(65)53-31-19-72-47(69)24(2)55(4)45(67)34-22-75-74-21-33(57(6)37(61)17-49-41(31)63)46(68)56(5)25(3)48(70)73-20-32(42(64)50-18-38(62)58(34)7)54-44(66)40-36(60)16-27-14-28(71-8)10-12-30(27)52-40;;/h9-16,31-34,59-60H,2-3,17-22H2,1,4-8H3,(H,49,63)(H,50,64)(H,53,65)(H,54,66);2*1H/t31-,32-,33+,34+;;/m1../s1/i;2*1+1. The average Bonchev–Trinajstić information content (AvgIpc) is 3.39. The van der Waals surface area contributed by atoms with Gasteiger partial charge in [0, 0.05) is 64.8 Å². The highest BCUT2D eigenvalue weighted by molar-refractivity contribution is 8.76. The fraction of sp³-hybridized carbons (Fsp3) is 0.333. The van der Waals surface area contributed by atoms with Crippen LogP contribution >= 0.6 is 45.1 Å². The lowest BCUT2D eigenvalue weighted by Crippen LogP contribution is -2.55. The highest BCUT2D eigenvalue weighted by Crippen LogP contribution is 2.30. The Bertz CT molecular complexity index is 3060. The fourth-order valence-corrected chi connectivity index (χ4v) is 11.5. The number of likely N-dealkylation sites (N-methyl/N-ethyl adjacent to an activating group) is 4. The maximum atomic E-state index is 14.4. The van der Waals surface area contributed by atoms with E-state index in [-0.39, 0.29) is 19.9 Å². The quantitative estimate of drug-likeness (QED) is 0.122. The number of benzene rings is 2. The maximum absolute atomic E-state index is 14.4. The minimum atomic E-state index is -1.60. The van der Waals surface area contributed by atoms with E-state index >= 15 is 0 Å². The second-order valence-electron chi connectivity index (χ2n) is 16.9. The summed E-state index contributed by atoms with van der Waals surface area (Å²) in [6.45, 7) is 7.92. The summed E-state index contributed by atoms with van der Waals surface area (Å²) in [7, 11) is 8.48. The number of aromatic hydroxyl groups is 2. The van der Waals surface area contributed by atoms with E-state index in [1.54, 1.807) is 36.4 Å². The number of nitrogens with one attached hydrogen (secondary N) is 4. The Labute approximate surface area is 448 Å². The molecular formula is C48H56N10O13S4. The number of nitrogens with zero attached hydrogens (tertiary/aromatic N) is 6. The van der Waals surface area contributed by atoms with Crippen molar-refractivity contribution in [2.75, 3.05) is 71.4 Å². The number of carbonyl (C=O) groups is 10. The van der Waals surface area contributed by atoms with Crippen molar-refractivity contribution in [3.63, 3.8) is 0 Å². The molecule has 27 heteroatoms. The smallest absolute Gasteiger partial charge is 0.274 e. The van der Waals surface area contributed by atoms with E-state index in [9.17, 15) is 58.2 Å². The van der Waals surface area contributed by atoms with Crippen LogP contribution in [-0.4, -0.2) is 193 Å². The zero-order chi connectivity index (χ0) is 55.0. The van der Waals surface area contributed by atoms with Crippen molar-refractivity contribution < 1.29 is 65.7 Å². The molecule has 2 aliphatic rings. The molecular weight excluding hydrogens is 1050 g/mol. The molecule has 0 saturated carbocycles. The molecule has 4 heterocycles. The van der Waals surface area contributed by atoms with Crippen molar-refractivity contribution in [2.45, 2.75) is 31.1 Å². The maximum Gasteiger partial charge on any atom is 0.274 e. The van der Waals surface area contributed by atoms with Gasteiger partial charge in [-0.3, -0.25) is 47.9 Å². The van der Waals surface area contributed by atoms with Gasteiger partial charge in [-0.25, -0.2) is 9.97 Å². The van der Waals surface area contributed by atoms with Crippen LogP contribution in [0.25, 0.3) is 21.8 Å². The van der Waals surface area contributed by atoms with E-state index in [1.165, 1.54) is 47.4 Å². The van der Waals surface area contributed by atoms with E-state index in [2.05, 4.69) is 44.4 Å². The molecule has 23 nitrogen and oxygen atoms in total. The Hall–Kier alpha value is -7.36. The lowest BCUT2D eigenvalue weighted by atomic mass is 10.1. The second-order valence-corrected chi connectivity index (χ2v) is 21.5. The van der Waals surface area contributed by atoms with Crippen LogP contribution in [0.15, 0.2) is 73.1 Å². The highest BCUT2D eigenvalue weighted by atomic mass is 33.1. The number of hydrogen-bond donors (Lipinski definition) is 6. The molecule has 0 radical (unpaired) electrons. The fourth-order valence-electron chi connectivity index (χ4n) is 7.27. The molecule has 2 aromatic heterocycles. The Kier molecular flexibility index (Phi) is 18.8. The third-order valence-electron chi connectivity index (χ3n) is 12.0. The van der Waals surface area contributed by atoms with Gasteiger partial charge in [-0.05, 0) is 49.4 Å². The third kappa shape index (κ3) is 13.5. The molecule has 0 unspecified atom stereocenters. The molecule has 0 aliphatic carbocycles. The number of hydrogen-bond acceptors (Lipinski definition) is 19. The lowest BCUT2D eigenvalue weighted by molar-refractivity contribution is -0.142. The van der Waals surface area contributed by atoms with Crippen LogP contribution < -0.4 is 26.0 Å². The van der Waals surface area contributed by atoms with Gasteiger partial charge >= 0.3 is 0 Å². The molecule has 2 bridgehead atoms. The van der Waals surface area contributed by atoms with Crippen LogP contribution in [0, 0.1) is 6.92 Å². The van der Waals surface area contributed by atoms with E-state index in [0.717, 1.165) is 46.8 Å². The number of thioether (sulfide) groups is 2. The number of pyridine rings is 2. The number of amides is 8. The average molecular weight is 1110 g/mol. The molecule has 2 fully saturated rings. The van der Waals surface area contributed by atoms with E-state index < -0.39 is 141 Å². The second kappa shape index (κ2) is 24.8. The number of methoxy groups -OCH3 is 1. The van der Waals surface area contributed by atoms with Crippen LogP contribution in [0.3, 0.4) is 0 Å². The molecule has 4 aromatic rings. The zero-order valence-corrected chi connectivity index (χ0v) is 44.6. The number of rotatable bonds is 5. The first-order valence-corrected chi connectivity index (χ1v) is 26.9. The van der Waals surface area contributed by atoms with Gasteiger partial charge in [0.2, 0.25) is 33.9 Å². The topological polar surface area (TPSA) is 307 Å². The summed E-state index contributed by atoms with van der Waals surface area (Å²) in [4.78, 5) is 152. The monoisotopic (exact) mass is 1110 g/mol. The Morgan fingerprint density at radius 2 is 1.07 bits per heavy atom. The van der Waals surface area contributed by atoms with Crippen molar-refractivity contribution >= 4 is 124 Å². The number of ether oxygens (including phenoxy) is 1. The largest absolute Gasteiger partial charge is 0.505 e. The number of aromatic nitrogens is 2. The van der Waals surface area contributed by atoms with Crippen molar-refractivity contribution in [3.05, 3.63) is 90.0 Å². The summed E-state index contributed by atoms with van der Waals surface area (Å²) < 4.78 is 5.22. The molecule has 4 atom stereocenters. The van der Waals surface area contributed by atoms with Crippen molar-refractivity contribution in [1.82, 2.24) is 50.8 Å². The van der Waals surface area contributed by atoms with E-state index in [0.29, 0.717) is 45.6 Å². The summed E-state index contributed by atoms with van der Waals surface area (Å²) in [6.07, 6.45) is 0. The first-order valence-electron chi connectivity index (χ1n) is 22.5. The molecule has 400 valence electrons. The minimum Gasteiger partial charge on any atom is -0.505 e. The molecule has 0 spiro atoms. The Balaban J connectivity index is 0.00000640. The third-order valence-corrected chi connectivity index (χ3v) is 16.4. The zero-order valence-electron chi connectivity index (χ0n) is 41.3. The molecule has 8 amide bonds. The van der Waals surface area contributed by atoms with Crippen molar-refractivity contribution in [3.8, 4) is 17.2 Å². The van der Waals surface area contributed by atoms with Crippen LogP contribution in [0.1, 0.15) is 29.4 Å². The molecule has 6 rings (SSSR count). The van der Waals surface area contributed by atoms with Gasteiger partial charge in [-0.2, -0.15) is 0 Å². The van der Waals surface area contributed by atoms with Gasteiger partial charge in [0.25, 0.3) is 23.6 Å². The van der Waals surface area contributed by atoms with Gasteiger partial charge in [-0.15, -0.1) is 0 Å². The van der Waals surface area contributed by atoms with Gasteiger partial charge in [0.15, 0.2) is 11.4 Å². The number of carbonyl (C=O) groups excluding carboxylic acids is 10. The van der Waals surface area contributed by atoms with E-state index in [1.807, 2.05) is 6.92 Å². The van der Waals surface area contributed by atoms with Crippen molar-refractivity contribution in [2.24, 2.45) is 0 Å². The van der Waals surface area contributed by atoms with Crippen LogP contribution in [0.5, 0.6) is 17.2 Å². The number of fused-ring (bicyclic) bond motifs is 7. The minimum absolute atomic E-state index is 0. The Morgan fingerprint density at radius 3 is 1.49 bits per heavy atom. The normalized spacial score (nSPS) is 21.0. The molecule has 2 aromatic carbocycles. The first kappa shape index (κ1) is 56.9. The summed E-state index contributed by atoms with van der Waals surface area (Å²) in [5.74, 6) is -9.29. The summed E-state index contributed by atoms with van der Waals surface area (Å²) in [5, 5.41) is 30.7. The molecule has 75 heavy (non-hydrogen) atoms. The summed E-state index contributed by atoms with van der Waals surface area (Å²) in [6, 6.07) is 6.48. The van der Waals surface area contributed by atoms with Crippen molar-refractivity contribution in [1.29, 1.82) is 0 Å². The lowest BCUT2D eigenvalue weighted by Gasteiger charge is -2.33. The number of aryl methyl sites for hydroxylation is 1. The van der Waals surface area contributed by atoms with Gasteiger partial charge in [-0.1, -0.05) is 69.9 Å². The summed E-state index contributed by atoms with van der Waals surface area (Å²) >= 11 is 0.956. The molecule has 6 N–H and O–H groups in total. The van der Waals surface area contributed by atoms with Gasteiger partial charge in [0.1, 0.15) is 41.4 Å². The van der Waals surface area contributed by atoms with Gasteiger partial charge in [0.05, 0.1) is 42.6 Å². The SMILES string of the molecule is C=C1C(=O)SC[C@@H](NC(=O)c2nc3ccc(OC)cc3cc2O)C(=O)NCC(=O)N(C)[C@H]2CSSC[C@@H](C(=O)N1C)N(C)C(=O)CNC(=O)[C@H](NC(=O)c1nc3ccc(C)cc3cc1O)CSC(=O)C(=C)N(C)C2=O.[2HH].[2HH].